The molecule has 172 valence electrons. The first-order chi connectivity index (χ1) is 15.4. The summed E-state index contributed by atoms with van der Waals surface area (Å²) in [5, 5.41) is 29.4. The molecule has 0 spiro atoms. The average molecular weight is 554 g/mol. The molecule has 0 bridgehead atoms. The number of amides is 1. The van der Waals surface area contributed by atoms with E-state index in [0.29, 0.717) is 29.3 Å². The van der Waals surface area contributed by atoms with Crippen LogP contribution in [0.3, 0.4) is 0 Å². The molecule has 10 heteroatoms. The van der Waals surface area contributed by atoms with E-state index in [9.17, 15) is 14.7 Å². The summed E-state index contributed by atoms with van der Waals surface area (Å²) in [4.78, 5) is 26.8. The molecular weight excluding hydrogens is 529 g/mol. The van der Waals surface area contributed by atoms with Crippen molar-refractivity contribution in [3.05, 3.63) is 65.0 Å². The summed E-state index contributed by atoms with van der Waals surface area (Å²) in [7, 11) is 1.56. The molecule has 2 rings (SSSR count). The van der Waals surface area contributed by atoms with Crippen molar-refractivity contribution in [1.29, 1.82) is 0 Å². The first kappa shape index (κ1) is 25.4. The number of nitrogens with zero attached hydrogens (tertiary/aromatic N) is 2. The summed E-state index contributed by atoms with van der Waals surface area (Å²) < 4.78 is 10.4. The summed E-state index contributed by atoms with van der Waals surface area (Å²) >= 11 is -0.699. The van der Waals surface area contributed by atoms with Gasteiger partial charge in [-0.25, -0.2) is 0 Å². The number of anilines is 1. The van der Waals surface area contributed by atoms with Gasteiger partial charge in [0, 0.05) is 0 Å². The van der Waals surface area contributed by atoms with Crippen molar-refractivity contribution in [2.75, 3.05) is 30.6 Å². The van der Waals surface area contributed by atoms with E-state index < -0.39 is 27.1 Å². The number of hydrogen-bond acceptors (Lipinski definition) is 8. The van der Waals surface area contributed by atoms with Crippen LogP contribution in [0, 0.1) is 0 Å². The summed E-state index contributed by atoms with van der Waals surface area (Å²) in [5.41, 5.74) is 1.69. The van der Waals surface area contributed by atoms with Crippen LogP contribution in [-0.2, 0) is 16.1 Å². The topological polar surface area (TPSA) is 130 Å². The maximum absolute atomic E-state index is 12.6. The zero-order valence-corrected chi connectivity index (χ0v) is 20.1. The molecule has 2 aromatic carbocycles. The standard InChI is InChI=1S/C22H25IN3O6/c1-14(28)20(22(30)24-16-5-7-17(8-6-16)32-11-10-27)26-25-19-12-15(13-31-3)4-9-18(19)21(29)23-2/h4-9,12,27-28H,10-11,13H2,1-3H3,(H,24,30)/q-1. The van der Waals surface area contributed by atoms with Gasteiger partial charge in [-0.05, 0) is 0 Å². The second-order valence-electron chi connectivity index (χ2n) is 6.43. The molecular formula is C22H25IN3O6-. The van der Waals surface area contributed by atoms with Crippen LogP contribution in [0.1, 0.15) is 22.8 Å². The minimum atomic E-state index is -0.699. The van der Waals surface area contributed by atoms with E-state index >= 15 is 0 Å². The molecule has 32 heavy (non-hydrogen) atoms. The van der Waals surface area contributed by atoms with Gasteiger partial charge in [-0.1, -0.05) is 0 Å². The SMILES string of the molecule is COCc1ccc(C(=O)[I-]C)c(N=NC(C(=O)Nc2ccc(OCCO)cc2)=C(C)O)c1. The number of azo groups is 1. The van der Waals surface area contributed by atoms with Crippen LogP contribution in [0.15, 0.2) is 64.1 Å². The summed E-state index contributed by atoms with van der Waals surface area (Å²) in [5.74, 6) is -0.447. The van der Waals surface area contributed by atoms with Crippen LogP contribution >= 0.6 is 0 Å². The van der Waals surface area contributed by atoms with E-state index in [0.717, 1.165) is 5.56 Å². The number of aliphatic hydroxyl groups is 2. The number of aliphatic hydroxyl groups excluding tert-OH is 2. The Morgan fingerprint density at radius 2 is 1.88 bits per heavy atom. The number of rotatable bonds is 11. The van der Waals surface area contributed by atoms with Crippen LogP contribution in [-0.4, -0.2) is 45.2 Å². The Kier molecular flexibility index (Phi) is 10.2. The molecule has 9 nitrogen and oxygen atoms in total. The minimum absolute atomic E-state index is 0.0130. The summed E-state index contributed by atoms with van der Waals surface area (Å²) in [6, 6.07) is 11.6. The van der Waals surface area contributed by atoms with Crippen molar-refractivity contribution in [2.24, 2.45) is 10.2 Å². The van der Waals surface area contributed by atoms with Gasteiger partial charge in [-0.15, -0.1) is 0 Å². The molecule has 3 N–H and O–H groups in total. The third-order valence-electron chi connectivity index (χ3n) is 4.04. The molecule has 0 saturated heterocycles. The molecule has 0 fully saturated rings. The molecule has 0 aliphatic rings. The Balaban J connectivity index is 2.24. The van der Waals surface area contributed by atoms with Crippen molar-refractivity contribution >= 4 is 21.1 Å². The number of carbonyl (C=O) groups excluding carboxylic acids is 2. The number of ether oxygens (including phenoxy) is 2. The van der Waals surface area contributed by atoms with E-state index in [1.807, 2.05) is 4.93 Å². The van der Waals surface area contributed by atoms with Crippen LogP contribution in [0.5, 0.6) is 5.75 Å². The van der Waals surface area contributed by atoms with Crippen LogP contribution in [0.4, 0.5) is 11.4 Å². The van der Waals surface area contributed by atoms with Crippen LogP contribution in [0.25, 0.3) is 0 Å². The van der Waals surface area contributed by atoms with Gasteiger partial charge in [-0.2, -0.15) is 0 Å². The molecule has 0 aromatic heterocycles. The molecule has 0 unspecified atom stereocenters. The predicted octanol–water partition coefficient (Wildman–Crippen LogP) is 0.575. The Morgan fingerprint density at radius 1 is 1.16 bits per heavy atom. The number of allylic oxidation sites excluding steroid dienone is 1. The number of methoxy groups -OCH3 is 1. The van der Waals surface area contributed by atoms with Crippen LogP contribution in [0.2, 0.25) is 0 Å². The second-order valence-corrected chi connectivity index (χ2v) is 8.49. The summed E-state index contributed by atoms with van der Waals surface area (Å²) in [6.07, 6.45) is 0. The van der Waals surface area contributed by atoms with E-state index in [1.165, 1.54) is 6.92 Å². The number of benzene rings is 2. The van der Waals surface area contributed by atoms with Gasteiger partial charge in [0.1, 0.15) is 6.61 Å². The van der Waals surface area contributed by atoms with E-state index in [1.54, 1.807) is 49.6 Å². The molecule has 2 aromatic rings. The molecule has 0 aliphatic heterocycles. The zero-order chi connectivity index (χ0) is 23.5. The fourth-order valence-electron chi connectivity index (χ4n) is 2.56. The van der Waals surface area contributed by atoms with Gasteiger partial charge in [0.25, 0.3) is 0 Å². The fraction of sp³-hybridized carbons (Fsp3) is 0.273. The Morgan fingerprint density at radius 3 is 2.47 bits per heavy atom. The monoisotopic (exact) mass is 554 g/mol. The Labute approximate surface area is 196 Å². The number of alkyl halides is 1. The van der Waals surface area contributed by atoms with Gasteiger partial charge in [0.2, 0.25) is 0 Å². The fourth-order valence-corrected chi connectivity index (χ4v) is 3.60. The van der Waals surface area contributed by atoms with E-state index in [2.05, 4.69) is 15.5 Å². The van der Waals surface area contributed by atoms with Gasteiger partial charge >= 0.3 is 174 Å². The molecule has 0 saturated carbocycles. The van der Waals surface area contributed by atoms with Crippen molar-refractivity contribution < 1.29 is 50.5 Å². The first-order valence-corrected chi connectivity index (χ1v) is 12.8. The molecule has 0 atom stereocenters. The van der Waals surface area contributed by atoms with Gasteiger partial charge in [0.05, 0.1) is 6.61 Å². The van der Waals surface area contributed by atoms with Crippen molar-refractivity contribution in [2.45, 2.75) is 13.5 Å². The Bertz CT molecular complexity index is 1000. The molecule has 0 aliphatic carbocycles. The normalized spacial score (nSPS) is 12.0. The average Bonchev–Trinajstić information content (AvgIpc) is 2.78. The third-order valence-corrected chi connectivity index (χ3v) is 5.61. The Hall–Kier alpha value is -2.83. The second kappa shape index (κ2) is 12.9. The van der Waals surface area contributed by atoms with Gasteiger partial charge in [-0.3, -0.25) is 0 Å². The molecule has 1 amide bonds. The first-order valence-electron chi connectivity index (χ1n) is 9.51. The number of hydrogen-bond donors (Lipinski definition) is 3. The number of nitrogens with one attached hydrogen (secondary N) is 1. The predicted molar refractivity (Wildman–Crippen MR) is 115 cm³/mol. The number of carbonyl (C=O) groups is 2. The number of halogens is 1. The summed E-state index contributed by atoms with van der Waals surface area (Å²) in [6.45, 7) is 1.72. The zero-order valence-electron chi connectivity index (χ0n) is 18.0. The quantitative estimate of drug-likeness (QED) is 0.0931. The molecule has 0 heterocycles. The van der Waals surface area contributed by atoms with E-state index in [4.69, 9.17) is 14.6 Å². The van der Waals surface area contributed by atoms with Crippen molar-refractivity contribution in [1.82, 2.24) is 0 Å². The van der Waals surface area contributed by atoms with E-state index in [-0.39, 0.29) is 28.5 Å². The molecule has 0 radical (unpaired) electrons. The van der Waals surface area contributed by atoms with Gasteiger partial charge in [0.15, 0.2) is 0 Å². The van der Waals surface area contributed by atoms with Gasteiger partial charge < -0.3 is 9.84 Å². The third kappa shape index (κ3) is 7.39. The van der Waals surface area contributed by atoms with Crippen molar-refractivity contribution in [3.63, 3.8) is 0 Å². The van der Waals surface area contributed by atoms with Crippen LogP contribution < -0.4 is 31.3 Å². The van der Waals surface area contributed by atoms with Crippen molar-refractivity contribution in [3.8, 4) is 5.75 Å². The maximum atomic E-state index is 12.6.